The molecule has 0 N–H and O–H groups in total. The predicted octanol–water partition coefficient (Wildman–Crippen LogP) is 1.94. The fourth-order valence-corrected chi connectivity index (χ4v) is 1.43. The molecule has 0 bridgehead atoms. The molecule has 3 nitrogen and oxygen atoms in total. The molecule has 0 unspecified atom stereocenters. The van der Waals surface area contributed by atoms with Gasteiger partial charge in [-0.3, -0.25) is 9.78 Å². The first kappa shape index (κ1) is 9.65. The van der Waals surface area contributed by atoms with E-state index in [1.54, 1.807) is 20.3 Å². The first-order valence-corrected chi connectivity index (χ1v) is 4.75. The average Bonchev–Trinajstić information content (AvgIpc) is 2.27. The van der Waals surface area contributed by atoms with E-state index in [2.05, 4.69) is 4.98 Å². The van der Waals surface area contributed by atoms with Crippen LogP contribution in [0.25, 0.3) is 10.8 Å². The normalized spacial score (nSPS) is 10.3. The number of amides is 1. The van der Waals surface area contributed by atoms with Gasteiger partial charge >= 0.3 is 0 Å². The van der Waals surface area contributed by atoms with Crippen molar-refractivity contribution in [2.24, 2.45) is 0 Å². The van der Waals surface area contributed by atoms with Crippen LogP contribution in [0.3, 0.4) is 0 Å². The molecule has 0 saturated carbocycles. The van der Waals surface area contributed by atoms with Crippen LogP contribution in [0, 0.1) is 0 Å². The Kier molecular flexibility index (Phi) is 2.37. The number of pyridine rings is 1. The molecule has 2 aromatic rings. The number of benzene rings is 1. The number of hydrogen-bond donors (Lipinski definition) is 0. The Morgan fingerprint density at radius 3 is 2.53 bits per heavy atom. The van der Waals surface area contributed by atoms with Crippen LogP contribution in [0.1, 0.15) is 10.5 Å². The zero-order valence-corrected chi connectivity index (χ0v) is 8.77. The molecule has 0 fully saturated rings. The second kappa shape index (κ2) is 3.69. The fourth-order valence-electron chi connectivity index (χ4n) is 1.43. The maximum Gasteiger partial charge on any atom is 0.271 e. The standard InChI is InChI=1S/C12H12N2O/c1-14(2)12(15)11-7-9-5-3-4-6-10(9)8-13-11/h3-8H,1-2H3. The molecular formula is C12H12N2O. The van der Waals surface area contributed by atoms with Gasteiger partial charge in [-0.25, -0.2) is 0 Å². The van der Waals surface area contributed by atoms with Gasteiger partial charge in [0.2, 0.25) is 0 Å². The van der Waals surface area contributed by atoms with E-state index in [9.17, 15) is 4.79 Å². The van der Waals surface area contributed by atoms with Gasteiger partial charge in [-0.05, 0) is 11.5 Å². The van der Waals surface area contributed by atoms with Gasteiger partial charge in [0.25, 0.3) is 5.91 Å². The van der Waals surface area contributed by atoms with Gasteiger partial charge in [-0.1, -0.05) is 24.3 Å². The topological polar surface area (TPSA) is 33.2 Å². The van der Waals surface area contributed by atoms with E-state index in [1.165, 1.54) is 4.90 Å². The summed E-state index contributed by atoms with van der Waals surface area (Å²) in [5.74, 6) is -0.0687. The van der Waals surface area contributed by atoms with Gasteiger partial charge in [0, 0.05) is 25.7 Å². The van der Waals surface area contributed by atoms with Crippen LogP contribution in [-0.4, -0.2) is 29.9 Å². The lowest BCUT2D eigenvalue weighted by molar-refractivity contribution is 0.0822. The summed E-state index contributed by atoms with van der Waals surface area (Å²) in [5.41, 5.74) is 0.485. The van der Waals surface area contributed by atoms with Crippen LogP contribution < -0.4 is 0 Å². The van der Waals surface area contributed by atoms with Crippen LogP contribution in [0.4, 0.5) is 0 Å². The Balaban J connectivity index is 2.52. The first-order chi connectivity index (χ1) is 7.18. The summed E-state index contributed by atoms with van der Waals surface area (Å²) in [4.78, 5) is 17.3. The summed E-state index contributed by atoms with van der Waals surface area (Å²) < 4.78 is 0. The van der Waals surface area contributed by atoms with Crippen LogP contribution in [0.2, 0.25) is 0 Å². The van der Waals surface area contributed by atoms with Gasteiger partial charge in [0.15, 0.2) is 0 Å². The number of nitrogens with zero attached hydrogens (tertiary/aromatic N) is 2. The minimum absolute atomic E-state index is 0.0687. The fraction of sp³-hybridized carbons (Fsp3) is 0.167. The Hall–Kier alpha value is -1.90. The molecule has 1 aromatic heterocycles. The second-order valence-electron chi connectivity index (χ2n) is 3.62. The quantitative estimate of drug-likeness (QED) is 0.704. The van der Waals surface area contributed by atoms with Crippen molar-refractivity contribution in [3.05, 3.63) is 42.2 Å². The lowest BCUT2D eigenvalue weighted by atomic mass is 10.1. The maximum absolute atomic E-state index is 11.7. The van der Waals surface area contributed by atoms with E-state index in [0.717, 1.165) is 10.8 Å². The van der Waals surface area contributed by atoms with Crippen molar-refractivity contribution in [1.29, 1.82) is 0 Å². The highest BCUT2D eigenvalue weighted by Crippen LogP contribution is 2.13. The highest BCUT2D eigenvalue weighted by Gasteiger charge is 2.09. The zero-order valence-electron chi connectivity index (χ0n) is 8.77. The highest BCUT2D eigenvalue weighted by atomic mass is 16.2. The molecular weight excluding hydrogens is 188 g/mol. The Morgan fingerprint density at radius 1 is 1.20 bits per heavy atom. The minimum atomic E-state index is -0.0687. The van der Waals surface area contributed by atoms with E-state index in [-0.39, 0.29) is 5.91 Å². The number of hydrogen-bond acceptors (Lipinski definition) is 2. The molecule has 0 atom stereocenters. The molecule has 2 rings (SSSR count). The summed E-state index contributed by atoms with van der Waals surface area (Å²) >= 11 is 0. The van der Waals surface area contributed by atoms with Crippen LogP contribution in [0.5, 0.6) is 0 Å². The zero-order chi connectivity index (χ0) is 10.8. The monoisotopic (exact) mass is 200 g/mol. The van der Waals surface area contributed by atoms with Crippen molar-refractivity contribution in [2.45, 2.75) is 0 Å². The number of carbonyl (C=O) groups is 1. The van der Waals surface area contributed by atoms with Gasteiger partial charge in [-0.2, -0.15) is 0 Å². The van der Waals surface area contributed by atoms with Gasteiger partial charge in [0.1, 0.15) is 5.69 Å². The van der Waals surface area contributed by atoms with E-state index in [4.69, 9.17) is 0 Å². The third-order valence-corrected chi connectivity index (χ3v) is 2.26. The molecule has 0 saturated heterocycles. The summed E-state index contributed by atoms with van der Waals surface area (Å²) in [7, 11) is 3.44. The number of rotatable bonds is 1. The SMILES string of the molecule is CN(C)C(=O)c1cc2ccccc2cn1. The molecule has 0 radical (unpaired) electrons. The predicted molar refractivity (Wildman–Crippen MR) is 59.8 cm³/mol. The molecule has 0 aliphatic rings. The van der Waals surface area contributed by atoms with E-state index < -0.39 is 0 Å². The van der Waals surface area contributed by atoms with Crippen LogP contribution in [-0.2, 0) is 0 Å². The number of aromatic nitrogens is 1. The molecule has 0 aliphatic heterocycles. The molecule has 3 heteroatoms. The van der Waals surface area contributed by atoms with Gasteiger partial charge in [-0.15, -0.1) is 0 Å². The average molecular weight is 200 g/mol. The van der Waals surface area contributed by atoms with E-state index in [0.29, 0.717) is 5.69 Å². The van der Waals surface area contributed by atoms with Crippen molar-refractivity contribution in [2.75, 3.05) is 14.1 Å². The molecule has 1 aromatic carbocycles. The number of carbonyl (C=O) groups excluding carboxylic acids is 1. The summed E-state index contributed by atoms with van der Waals surface area (Å²) in [6, 6.07) is 9.68. The second-order valence-corrected chi connectivity index (χ2v) is 3.62. The van der Waals surface area contributed by atoms with E-state index >= 15 is 0 Å². The van der Waals surface area contributed by atoms with Crippen molar-refractivity contribution < 1.29 is 4.79 Å². The lowest BCUT2D eigenvalue weighted by Crippen LogP contribution is -2.22. The molecule has 76 valence electrons. The summed E-state index contributed by atoms with van der Waals surface area (Å²) in [6.45, 7) is 0. The molecule has 1 heterocycles. The van der Waals surface area contributed by atoms with Crippen molar-refractivity contribution in [1.82, 2.24) is 9.88 Å². The highest BCUT2D eigenvalue weighted by molar-refractivity contribution is 5.96. The van der Waals surface area contributed by atoms with Crippen molar-refractivity contribution in [3.8, 4) is 0 Å². The van der Waals surface area contributed by atoms with Crippen molar-refractivity contribution >= 4 is 16.7 Å². The third-order valence-electron chi connectivity index (χ3n) is 2.26. The summed E-state index contributed by atoms with van der Waals surface area (Å²) in [6.07, 6.45) is 1.73. The Bertz CT molecular complexity index is 506. The number of fused-ring (bicyclic) bond motifs is 1. The largest absolute Gasteiger partial charge is 0.343 e. The maximum atomic E-state index is 11.7. The summed E-state index contributed by atoms with van der Waals surface area (Å²) in [5, 5.41) is 2.09. The van der Waals surface area contributed by atoms with Crippen LogP contribution in [0.15, 0.2) is 36.5 Å². The molecule has 15 heavy (non-hydrogen) atoms. The van der Waals surface area contributed by atoms with Gasteiger partial charge < -0.3 is 4.90 Å². The molecule has 1 amide bonds. The van der Waals surface area contributed by atoms with Gasteiger partial charge in [0.05, 0.1) is 0 Å². The van der Waals surface area contributed by atoms with Crippen molar-refractivity contribution in [3.63, 3.8) is 0 Å². The molecule has 0 aliphatic carbocycles. The Labute approximate surface area is 88.3 Å². The van der Waals surface area contributed by atoms with Crippen LogP contribution >= 0.6 is 0 Å². The molecule has 0 spiro atoms. The first-order valence-electron chi connectivity index (χ1n) is 4.75. The minimum Gasteiger partial charge on any atom is -0.343 e. The Morgan fingerprint density at radius 2 is 1.87 bits per heavy atom. The third kappa shape index (κ3) is 1.81. The van der Waals surface area contributed by atoms with E-state index in [1.807, 2.05) is 30.3 Å². The lowest BCUT2D eigenvalue weighted by Gasteiger charge is -2.09. The smallest absolute Gasteiger partial charge is 0.271 e.